The summed E-state index contributed by atoms with van der Waals surface area (Å²) in [6.45, 7) is 2.69. The summed E-state index contributed by atoms with van der Waals surface area (Å²) in [5.74, 6) is -0.147. The number of nitro groups is 1. The van der Waals surface area contributed by atoms with E-state index in [0.29, 0.717) is 19.6 Å². The number of methoxy groups -OCH3 is 1. The third-order valence-electron chi connectivity index (χ3n) is 3.42. The van der Waals surface area contributed by atoms with Crippen LogP contribution in [0.4, 0.5) is 11.4 Å². The van der Waals surface area contributed by atoms with Crippen molar-refractivity contribution in [3.05, 3.63) is 33.9 Å². The van der Waals surface area contributed by atoms with E-state index < -0.39 is 4.92 Å². The fourth-order valence-electron chi connectivity index (χ4n) is 2.48. The predicted octanol–water partition coefficient (Wildman–Crippen LogP) is 1.54. The molecule has 1 aromatic rings. The molecule has 2 rings (SSSR count). The van der Waals surface area contributed by atoms with Crippen molar-refractivity contribution in [3.8, 4) is 0 Å². The molecule has 0 bridgehead atoms. The van der Waals surface area contributed by atoms with E-state index in [0.717, 1.165) is 11.3 Å². The molecule has 0 N–H and O–H groups in total. The van der Waals surface area contributed by atoms with Crippen LogP contribution in [-0.2, 0) is 20.7 Å². The van der Waals surface area contributed by atoms with Gasteiger partial charge in [-0.2, -0.15) is 0 Å². The Morgan fingerprint density at radius 3 is 2.90 bits per heavy atom. The van der Waals surface area contributed by atoms with Crippen molar-refractivity contribution in [1.82, 2.24) is 0 Å². The van der Waals surface area contributed by atoms with E-state index >= 15 is 0 Å². The molecule has 114 valence electrons. The topological polar surface area (TPSA) is 81.9 Å². The molecule has 0 saturated heterocycles. The lowest BCUT2D eigenvalue weighted by molar-refractivity contribution is -0.384. The van der Waals surface area contributed by atoms with Crippen LogP contribution in [0.15, 0.2) is 18.2 Å². The number of hydrogen-bond donors (Lipinski definition) is 0. The second kappa shape index (κ2) is 6.64. The number of hydrogen-bond acceptors (Lipinski definition) is 5. The molecule has 1 aliphatic rings. The second-order valence-corrected chi connectivity index (χ2v) is 4.93. The molecular weight excluding hydrogens is 276 g/mol. The molecular formula is C14H18N2O5. The Hall–Kier alpha value is -1.99. The fraction of sp³-hybridized carbons (Fsp3) is 0.500. The zero-order valence-electron chi connectivity index (χ0n) is 12.1. The third kappa shape index (κ3) is 3.37. The molecule has 21 heavy (non-hydrogen) atoms. The number of ether oxygens (including phenoxy) is 2. The van der Waals surface area contributed by atoms with Gasteiger partial charge in [-0.05, 0) is 25.0 Å². The number of benzene rings is 1. The van der Waals surface area contributed by atoms with Crippen LogP contribution in [0.3, 0.4) is 0 Å². The highest BCUT2D eigenvalue weighted by atomic mass is 16.6. The van der Waals surface area contributed by atoms with E-state index in [1.807, 2.05) is 6.92 Å². The minimum Gasteiger partial charge on any atom is -0.382 e. The average molecular weight is 294 g/mol. The Morgan fingerprint density at radius 1 is 1.48 bits per heavy atom. The number of amides is 1. The quantitative estimate of drug-likeness (QED) is 0.451. The SMILES string of the molecule is COCCOCC(=O)N1c2ccc([N+](=O)[O-])cc2C[C@@H]1C. The van der Waals surface area contributed by atoms with E-state index in [-0.39, 0.29) is 24.2 Å². The largest absolute Gasteiger partial charge is 0.382 e. The van der Waals surface area contributed by atoms with Gasteiger partial charge in [0.2, 0.25) is 0 Å². The van der Waals surface area contributed by atoms with E-state index in [2.05, 4.69) is 0 Å². The highest BCUT2D eigenvalue weighted by molar-refractivity contribution is 5.97. The maximum Gasteiger partial charge on any atom is 0.269 e. The second-order valence-electron chi connectivity index (χ2n) is 4.93. The first kappa shape index (κ1) is 15.4. The van der Waals surface area contributed by atoms with Crippen LogP contribution in [0, 0.1) is 10.1 Å². The molecule has 1 aliphatic heterocycles. The van der Waals surface area contributed by atoms with Gasteiger partial charge < -0.3 is 14.4 Å². The van der Waals surface area contributed by atoms with Crippen molar-refractivity contribution in [2.45, 2.75) is 19.4 Å². The minimum absolute atomic E-state index is 0.0237. The molecule has 1 aromatic carbocycles. The summed E-state index contributed by atoms with van der Waals surface area (Å²) in [6, 6.07) is 4.55. The number of anilines is 1. The van der Waals surface area contributed by atoms with Gasteiger partial charge in [0.1, 0.15) is 6.61 Å². The molecule has 0 saturated carbocycles. The minimum atomic E-state index is -0.427. The number of carbonyl (C=O) groups is 1. The monoisotopic (exact) mass is 294 g/mol. The Labute approximate surface area is 122 Å². The predicted molar refractivity (Wildman–Crippen MR) is 76.4 cm³/mol. The highest BCUT2D eigenvalue weighted by Crippen LogP contribution is 2.34. The molecule has 7 nitrogen and oxygen atoms in total. The van der Waals surface area contributed by atoms with Gasteiger partial charge in [0.25, 0.3) is 11.6 Å². The standard InChI is InChI=1S/C14H18N2O5/c1-10-7-11-8-12(16(18)19)3-4-13(11)15(10)14(17)9-21-6-5-20-2/h3-4,8,10H,5-7,9H2,1-2H3/t10-/m0/s1. The molecule has 0 aromatic heterocycles. The average Bonchev–Trinajstić information content (AvgIpc) is 2.78. The van der Waals surface area contributed by atoms with Crippen molar-refractivity contribution in [2.24, 2.45) is 0 Å². The smallest absolute Gasteiger partial charge is 0.269 e. The van der Waals surface area contributed by atoms with Crippen molar-refractivity contribution >= 4 is 17.3 Å². The zero-order chi connectivity index (χ0) is 15.4. The molecule has 0 aliphatic carbocycles. The van der Waals surface area contributed by atoms with E-state index in [4.69, 9.17) is 9.47 Å². The number of nitrogens with zero attached hydrogens (tertiary/aromatic N) is 2. The lowest BCUT2D eigenvalue weighted by Gasteiger charge is -2.22. The molecule has 1 amide bonds. The van der Waals surface area contributed by atoms with Gasteiger partial charge in [0.05, 0.1) is 18.1 Å². The van der Waals surface area contributed by atoms with Crippen LogP contribution >= 0.6 is 0 Å². The van der Waals surface area contributed by atoms with Crippen molar-refractivity contribution in [2.75, 3.05) is 31.8 Å². The van der Waals surface area contributed by atoms with Crippen LogP contribution in [0.25, 0.3) is 0 Å². The van der Waals surface area contributed by atoms with Crippen molar-refractivity contribution < 1.29 is 19.2 Å². The van der Waals surface area contributed by atoms with Crippen LogP contribution in [-0.4, -0.2) is 43.8 Å². The summed E-state index contributed by atoms with van der Waals surface area (Å²) in [6.07, 6.45) is 0.612. The summed E-state index contributed by atoms with van der Waals surface area (Å²) in [5.41, 5.74) is 1.60. The van der Waals surface area contributed by atoms with Gasteiger partial charge in [-0.1, -0.05) is 0 Å². The molecule has 7 heteroatoms. The summed E-state index contributed by atoms with van der Waals surface area (Å²) in [4.78, 5) is 24.2. The summed E-state index contributed by atoms with van der Waals surface area (Å²) in [7, 11) is 1.57. The van der Waals surface area contributed by atoms with Gasteiger partial charge in [0.15, 0.2) is 0 Å². The highest BCUT2D eigenvalue weighted by Gasteiger charge is 2.31. The summed E-state index contributed by atoms with van der Waals surface area (Å²) < 4.78 is 10.1. The number of fused-ring (bicyclic) bond motifs is 1. The zero-order valence-corrected chi connectivity index (χ0v) is 12.1. The number of rotatable bonds is 6. The van der Waals surface area contributed by atoms with Crippen LogP contribution < -0.4 is 4.90 Å². The van der Waals surface area contributed by atoms with Crippen molar-refractivity contribution in [3.63, 3.8) is 0 Å². The van der Waals surface area contributed by atoms with Crippen LogP contribution in [0.2, 0.25) is 0 Å². The van der Waals surface area contributed by atoms with E-state index in [1.54, 1.807) is 18.1 Å². The maximum absolute atomic E-state index is 12.2. The van der Waals surface area contributed by atoms with Gasteiger partial charge in [-0.3, -0.25) is 14.9 Å². The first-order valence-corrected chi connectivity index (χ1v) is 6.70. The lowest BCUT2D eigenvalue weighted by atomic mass is 10.1. The molecule has 0 fully saturated rings. The number of carbonyl (C=O) groups excluding carboxylic acids is 1. The van der Waals surface area contributed by atoms with Crippen molar-refractivity contribution in [1.29, 1.82) is 0 Å². The maximum atomic E-state index is 12.2. The third-order valence-corrected chi connectivity index (χ3v) is 3.42. The van der Waals surface area contributed by atoms with Gasteiger partial charge in [0, 0.05) is 31.0 Å². The van der Waals surface area contributed by atoms with E-state index in [1.165, 1.54) is 12.1 Å². The van der Waals surface area contributed by atoms with Crippen LogP contribution in [0.5, 0.6) is 0 Å². The van der Waals surface area contributed by atoms with Crippen LogP contribution in [0.1, 0.15) is 12.5 Å². The Kier molecular flexibility index (Phi) is 4.87. The fourth-order valence-corrected chi connectivity index (χ4v) is 2.48. The van der Waals surface area contributed by atoms with Gasteiger partial charge in [-0.15, -0.1) is 0 Å². The normalized spacial score (nSPS) is 16.9. The van der Waals surface area contributed by atoms with E-state index in [9.17, 15) is 14.9 Å². The first-order valence-electron chi connectivity index (χ1n) is 6.70. The Morgan fingerprint density at radius 2 is 2.24 bits per heavy atom. The summed E-state index contributed by atoms with van der Waals surface area (Å²) in [5, 5.41) is 10.8. The lowest BCUT2D eigenvalue weighted by Crippen LogP contribution is -2.38. The summed E-state index contributed by atoms with van der Waals surface area (Å²) >= 11 is 0. The molecule has 1 heterocycles. The first-order chi connectivity index (χ1) is 10.0. The van der Waals surface area contributed by atoms with Gasteiger partial charge >= 0.3 is 0 Å². The number of nitro benzene ring substituents is 1. The number of non-ortho nitro benzene ring substituents is 1. The Bertz CT molecular complexity index is 546. The molecule has 1 atom stereocenters. The Balaban J connectivity index is 2.09. The molecule has 0 unspecified atom stereocenters. The van der Waals surface area contributed by atoms with Gasteiger partial charge in [-0.25, -0.2) is 0 Å². The molecule has 0 radical (unpaired) electrons. The molecule has 0 spiro atoms.